The standard InChI is InChI=1S/C14H18N2O3/c1-2-14(5-3-4-6-14)13(19)16-11-7-10(12(17)18)8-15-9-11/h7-9H,2-6H2,1H3,(H,16,19)(H,17,18). The molecule has 0 atom stereocenters. The number of carboxylic acids is 1. The molecule has 5 heteroatoms. The van der Waals surface area contributed by atoms with Gasteiger partial charge in [0, 0.05) is 11.6 Å². The number of aromatic nitrogens is 1. The van der Waals surface area contributed by atoms with Gasteiger partial charge in [-0.2, -0.15) is 0 Å². The van der Waals surface area contributed by atoms with E-state index >= 15 is 0 Å². The zero-order chi connectivity index (χ0) is 13.9. The second kappa shape index (κ2) is 5.38. The summed E-state index contributed by atoms with van der Waals surface area (Å²) >= 11 is 0. The van der Waals surface area contributed by atoms with Gasteiger partial charge in [0.25, 0.3) is 0 Å². The van der Waals surface area contributed by atoms with Crippen LogP contribution in [0.25, 0.3) is 0 Å². The first-order valence-electron chi connectivity index (χ1n) is 6.57. The third-order valence-corrected chi connectivity index (χ3v) is 3.96. The van der Waals surface area contributed by atoms with Crippen LogP contribution in [0, 0.1) is 5.41 Å². The van der Waals surface area contributed by atoms with Crippen LogP contribution in [0.5, 0.6) is 0 Å². The predicted octanol–water partition coefficient (Wildman–Crippen LogP) is 2.69. The van der Waals surface area contributed by atoms with E-state index in [0.29, 0.717) is 5.69 Å². The minimum atomic E-state index is -1.05. The van der Waals surface area contributed by atoms with Crippen molar-refractivity contribution < 1.29 is 14.7 Å². The number of carbonyl (C=O) groups excluding carboxylic acids is 1. The molecule has 1 fully saturated rings. The van der Waals surface area contributed by atoms with Crippen molar-refractivity contribution in [3.8, 4) is 0 Å². The monoisotopic (exact) mass is 262 g/mol. The van der Waals surface area contributed by atoms with E-state index in [9.17, 15) is 9.59 Å². The Morgan fingerprint density at radius 2 is 2.05 bits per heavy atom. The van der Waals surface area contributed by atoms with Crippen molar-refractivity contribution in [3.63, 3.8) is 0 Å². The van der Waals surface area contributed by atoms with Gasteiger partial charge >= 0.3 is 5.97 Å². The van der Waals surface area contributed by atoms with Gasteiger partial charge in [0.05, 0.1) is 17.4 Å². The van der Waals surface area contributed by atoms with Gasteiger partial charge in [-0.25, -0.2) is 4.79 Å². The molecule has 1 amide bonds. The normalized spacial score (nSPS) is 17.1. The van der Waals surface area contributed by atoms with Crippen LogP contribution in [-0.4, -0.2) is 22.0 Å². The fraction of sp³-hybridized carbons (Fsp3) is 0.500. The van der Waals surface area contributed by atoms with Crippen molar-refractivity contribution in [2.45, 2.75) is 39.0 Å². The average molecular weight is 262 g/mol. The summed E-state index contributed by atoms with van der Waals surface area (Å²) in [7, 11) is 0. The van der Waals surface area contributed by atoms with Crippen LogP contribution in [0.4, 0.5) is 5.69 Å². The highest BCUT2D eigenvalue weighted by molar-refractivity contribution is 5.96. The first-order valence-corrected chi connectivity index (χ1v) is 6.57. The zero-order valence-corrected chi connectivity index (χ0v) is 11.0. The Labute approximate surface area is 112 Å². The van der Waals surface area contributed by atoms with E-state index in [1.165, 1.54) is 18.5 Å². The quantitative estimate of drug-likeness (QED) is 0.874. The highest BCUT2D eigenvalue weighted by Gasteiger charge is 2.39. The second-order valence-corrected chi connectivity index (χ2v) is 5.06. The molecule has 1 aliphatic rings. The number of nitrogens with one attached hydrogen (secondary N) is 1. The lowest BCUT2D eigenvalue weighted by Gasteiger charge is -2.25. The van der Waals surface area contributed by atoms with Gasteiger partial charge in [-0.1, -0.05) is 19.8 Å². The Balaban J connectivity index is 2.14. The summed E-state index contributed by atoms with van der Waals surface area (Å²) in [6, 6.07) is 1.44. The van der Waals surface area contributed by atoms with Crippen LogP contribution in [0.2, 0.25) is 0 Å². The van der Waals surface area contributed by atoms with Gasteiger partial charge in [-0.3, -0.25) is 9.78 Å². The molecule has 0 aromatic carbocycles. The molecule has 1 saturated carbocycles. The Kier molecular flexibility index (Phi) is 3.83. The van der Waals surface area contributed by atoms with Crippen LogP contribution >= 0.6 is 0 Å². The maximum absolute atomic E-state index is 12.4. The fourth-order valence-corrected chi connectivity index (χ4v) is 2.68. The molecule has 2 N–H and O–H groups in total. The minimum Gasteiger partial charge on any atom is -0.478 e. The number of carboxylic acid groups (broad SMARTS) is 1. The minimum absolute atomic E-state index is 0.0168. The number of hydrogen-bond acceptors (Lipinski definition) is 3. The largest absolute Gasteiger partial charge is 0.478 e. The number of nitrogens with zero attached hydrogens (tertiary/aromatic N) is 1. The lowest BCUT2D eigenvalue weighted by atomic mass is 9.82. The summed E-state index contributed by atoms with van der Waals surface area (Å²) in [6.45, 7) is 2.02. The Morgan fingerprint density at radius 3 is 2.63 bits per heavy atom. The van der Waals surface area contributed by atoms with Crippen LogP contribution in [-0.2, 0) is 4.79 Å². The zero-order valence-electron chi connectivity index (χ0n) is 11.0. The topological polar surface area (TPSA) is 79.3 Å². The van der Waals surface area contributed by atoms with Gasteiger partial charge in [0.1, 0.15) is 0 Å². The van der Waals surface area contributed by atoms with Crippen LogP contribution < -0.4 is 5.32 Å². The van der Waals surface area contributed by atoms with E-state index in [1.807, 2.05) is 6.92 Å². The van der Waals surface area contributed by atoms with E-state index in [4.69, 9.17) is 5.11 Å². The SMILES string of the molecule is CCC1(C(=O)Nc2cncc(C(=O)O)c2)CCCC1. The third-order valence-electron chi connectivity index (χ3n) is 3.96. The molecule has 1 aliphatic carbocycles. The van der Waals surface area contributed by atoms with Crippen LogP contribution in [0.15, 0.2) is 18.5 Å². The lowest BCUT2D eigenvalue weighted by molar-refractivity contribution is -0.125. The van der Waals surface area contributed by atoms with Crippen molar-refractivity contribution >= 4 is 17.6 Å². The third kappa shape index (κ3) is 2.75. The maximum atomic E-state index is 12.4. The maximum Gasteiger partial charge on any atom is 0.337 e. The predicted molar refractivity (Wildman–Crippen MR) is 71.0 cm³/mol. The Bertz CT molecular complexity index is 493. The molecule has 2 rings (SSSR count). The highest BCUT2D eigenvalue weighted by Crippen LogP contribution is 2.41. The van der Waals surface area contributed by atoms with E-state index in [2.05, 4.69) is 10.3 Å². The molecule has 5 nitrogen and oxygen atoms in total. The molecule has 0 saturated heterocycles. The molecule has 0 spiro atoms. The number of hydrogen-bond donors (Lipinski definition) is 2. The summed E-state index contributed by atoms with van der Waals surface area (Å²) < 4.78 is 0. The van der Waals surface area contributed by atoms with Crippen LogP contribution in [0.1, 0.15) is 49.4 Å². The van der Waals surface area contributed by atoms with Crippen molar-refractivity contribution in [3.05, 3.63) is 24.0 Å². The average Bonchev–Trinajstić information content (AvgIpc) is 2.89. The van der Waals surface area contributed by atoms with Crippen molar-refractivity contribution in [2.75, 3.05) is 5.32 Å². The van der Waals surface area contributed by atoms with Crippen molar-refractivity contribution in [2.24, 2.45) is 5.41 Å². The highest BCUT2D eigenvalue weighted by atomic mass is 16.4. The fourth-order valence-electron chi connectivity index (χ4n) is 2.68. The van der Waals surface area contributed by atoms with E-state index in [1.54, 1.807) is 0 Å². The van der Waals surface area contributed by atoms with E-state index in [0.717, 1.165) is 32.1 Å². The number of rotatable bonds is 4. The molecule has 0 bridgehead atoms. The summed E-state index contributed by atoms with van der Waals surface area (Å²) in [5, 5.41) is 11.7. The van der Waals surface area contributed by atoms with Gasteiger partial charge in [0.15, 0.2) is 0 Å². The molecule has 0 aliphatic heterocycles. The summed E-state index contributed by atoms with van der Waals surface area (Å²) in [5.74, 6) is -1.06. The molecule has 1 heterocycles. The molecule has 1 aromatic rings. The van der Waals surface area contributed by atoms with Crippen molar-refractivity contribution in [1.29, 1.82) is 0 Å². The molecule has 0 unspecified atom stereocenters. The number of carbonyl (C=O) groups is 2. The molecule has 19 heavy (non-hydrogen) atoms. The van der Waals surface area contributed by atoms with Gasteiger partial charge in [0.2, 0.25) is 5.91 Å². The number of amides is 1. The smallest absolute Gasteiger partial charge is 0.337 e. The molecule has 102 valence electrons. The summed E-state index contributed by atoms with van der Waals surface area (Å²) in [6.07, 6.45) is 7.52. The molecular weight excluding hydrogens is 244 g/mol. The number of anilines is 1. The summed E-state index contributed by atoms with van der Waals surface area (Å²) in [4.78, 5) is 27.1. The lowest BCUT2D eigenvalue weighted by Crippen LogP contribution is -2.33. The van der Waals surface area contributed by atoms with Gasteiger partial charge in [-0.15, -0.1) is 0 Å². The van der Waals surface area contributed by atoms with Gasteiger partial charge < -0.3 is 10.4 Å². The number of aromatic carboxylic acids is 1. The second-order valence-electron chi connectivity index (χ2n) is 5.06. The Hall–Kier alpha value is -1.91. The van der Waals surface area contributed by atoms with E-state index in [-0.39, 0.29) is 16.9 Å². The van der Waals surface area contributed by atoms with Gasteiger partial charge in [-0.05, 0) is 25.3 Å². The number of pyridine rings is 1. The van der Waals surface area contributed by atoms with Crippen LogP contribution in [0.3, 0.4) is 0 Å². The first-order chi connectivity index (χ1) is 9.07. The molecule has 0 radical (unpaired) electrons. The molecular formula is C14H18N2O3. The van der Waals surface area contributed by atoms with E-state index < -0.39 is 5.97 Å². The Morgan fingerprint density at radius 1 is 1.37 bits per heavy atom. The van der Waals surface area contributed by atoms with Crippen molar-refractivity contribution in [1.82, 2.24) is 4.98 Å². The first kappa shape index (κ1) is 13.5. The molecule has 1 aromatic heterocycles. The summed E-state index contributed by atoms with van der Waals surface area (Å²) in [5.41, 5.74) is 0.235.